The average Bonchev–Trinajstić information content (AvgIpc) is 3.34. The second-order valence-corrected chi connectivity index (χ2v) is 6.91. The molecule has 140 valence electrons. The van der Waals surface area contributed by atoms with Crippen molar-refractivity contribution in [1.29, 1.82) is 0 Å². The minimum absolute atomic E-state index is 0.184. The molecular weight excluding hydrogens is 348 g/mol. The first kappa shape index (κ1) is 17.5. The number of hydrogen-bond donors (Lipinski definition) is 1. The molecule has 4 atom stereocenters. The normalized spacial score (nSPS) is 29.9. The molecule has 1 aromatic carbocycles. The number of rotatable bonds is 4. The Morgan fingerprint density at radius 1 is 1.19 bits per heavy atom. The summed E-state index contributed by atoms with van der Waals surface area (Å²) in [6, 6.07) is 11.6. The van der Waals surface area contributed by atoms with Crippen molar-refractivity contribution in [3.8, 4) is 0 Å². The molecule has 3 heterocycles. The van der Waals surface area contributed by atoms with Crippen molar-refractivity contribution in [3.63, 3.8) is 0 Å². The van der Waals surface area contributed by atoms with Crippen LogP contribution in [-0.2, 0) is 19.1 Å². The number of imide groups is 1. The van der Waals surface area contributed by atoms with Crippen molar-refractivity contribution in [1.82, 2.24) is 5.32 Å². The van der Waals surface area contributed by atoms with Gasteiger partial charge in [0.1, 0.15) is 11.3 Å². The Balaban J connectivity index is 1.81. The number of ether oxygens (including phenoxy) is 1. The average molecular weight is 368 g/mol. The number of amides is 2. The summed E-state index contributed by atoms with van der Waals surface area (Å²) in [6.07, 6.45) is 1.50. The number of fused-ring (bicyclic) bond motifs is 1. The zero-order valence-electron chi connectivity index (χ0n) is 15.0. The van der Waals surface area contributed by atoms with E-state index in [1.54, 1.807) is 50.2 Å². The molecule has 27 heavy (non-hydrogen) atoms. The van der Waals surface area contributed by atoms with Crippen molar-refractivity contribution in [2.45, 2.75) is 25.4 Å². The second kappa shape index (κ2) is 6.35. The van der Waals surface area contributed by atoms with E-state index in [2.05, 4.69) is 5.32 Å². The fraction of sp³-hybridized carbons (Fsp3) is 0.350. The Kier molecular flexibility index (Phi) is 4.11. The number of esters is 1. The monoisotopic (exact) mass is 368 g/mol. The lowest BCUT2D eigenvalue weighted by atomic mass is 9.81. The smallest absolute Gasteiger partial charge is 0.326 e. The number of nitrogens with one attached hydrogen (secondary N) is 1. The standard InChI is InChI=1S/C20H20N2O5/c1-3-26-19(25)20(2)15-14(16(21-20)13-10-7-11-27-13)17(23)22(18(15)24)12-8-5-4-6-9-12/h4-11,14-16,21H,3H2,1-2H3/t14-,15+,16-,20+/m0/s1. The molecule has 2 aliphatic rings. The van der Waals surface area contributed by atoms with Crippen LogP contribution in [0, 0.1) is 11.8 Å². The predicted octanol–water partition coefficient (Wildman–Crippen LogP) is 2.05. The third-order valence-electron chi connectivity index (χ3n) is 5.35. The van der Waals surface area contributed by atoms with Gasteiger partial charge in [-0.15, -0.1) is 0 Å². The SMILES string of the molecule is CCOC(=O)[C@]1(C)N[C@@H](c2ccco2)[C@H]2C(=O)N(c3ccccc3)C(=O)[C@@H]21. The molecule has 2 aliphatic heterocycles. The van der Waals surface area contributed by atoms with Crippen LogP contribution in [0.4, 0.5) is 5.69 Å². The van der Waals surface area contributed by atoms with Crippen LogP contribution in [0.2, 0.25) is 0 Å². The van der Waals surface area contributed by atoms with Gasteiger partial charge in [0.25, 0.3) is 0 Å². The topological polar surface area (TPSA) is 88.8 Å². The molecule has 1 N–H and O–H groups in total. The highest BCUT2D eigenvalue weighted by Gasteiger charge is 2.67. The molecule has 0 aliphatic carbocycles. The molecular formula is C20H20N2O5. The molecule has 0 radical (unpaired) electrons. The van der Waals surface area contributed by atoms with Gasteiger partial charge in [0.05, 0.1) is 36.4 Å². The van der Waals surface area contributed by atoms with E-state index in [1.807, 2.05) is 6.07 Å². The molecule has 0 saturated carbocycles. The van der Waals surface area contributed by atoms with Crippen LogP contribution >= 0.6 is 0 Å². The van der Waals surface area contributed by atoms with E-state index in [0.717, 1.165) is 0 Å². The quantitative estimate of drug-likeness (QED) is 0.656. The summed E-state index contributed by atoms with van der Waals surface area (Å²) in [7, 11) is 0. The molecule has 7 heteroatoms. The summed E-state index contributed by atoms with van der Waals surface area (Å²) in [5.41, 5.74) is -0.833. The fourth-order valence-corrected chi connectivity index (χ4v) is 4.15. The molecule has 1 aromatic heterocycles. The first-order valence-electron chi connectivity index (χ1n) is 8.90. The van der Waals surface area contributed by atoms with Gasteiger partial charge in [0, 0.05) is 0 Å². The highest BCUT2D eigenvalue weighted by molar-refractivity contribution is 6.24. The molecule has 0 bridgehead atoms. The summed E-state index contributed by atoms with van der Waals surface area (Å²) in [5, 5.41) is 3.15. The van der Waals surface area contributed by atoms with Crippen molar-refractivity contribution >= 4 is 23.5 Å². The van der Waals surface area contributed by atoms with E-state index >= 15 is 0 Å². The number of benzene rings is 1. The van der Waals surface area contributed by atoms with Crippen LogP contribution in [0.1, 0.15) is 25.6 Å². The zero-order chi connectivity index (χ0) is 19.2. The van der Waals surface area contributed by atoms with Crippen LogP contribution < -0.4 is 10.2 Å². The molecule has 2 aromatic rings. The van der Waals surface area contributed by atoms with Gasteiger partial charge in [-0.1, -0.05) is 18.2 Å². The maximum atomic E-state index is 13.3. The first-order valence-corrected chi connectivity index (χ1v) is 8.90. The van der Waals surface area contributed by atoms with E-state index < -0.39 is 35.3 Å². The summed E-state index contributed by atoms with van der Waals surface area (Å²) in [6.45, 7) is 3.50. The van der Waals surface area contributed by atoms with Crippen molar-refractivity contribution in [2.75, 3.05) is 11.5 Å². The van der Waals surface area contributed by atoms with Crippen LogP contribution in [0.5, 0.6) is 0 Å². The molecule has 4 rings (SSSR count). The van der Waals surface area contributed by atoms with Gasteiger partial charge in [-0.05, 0) is 38.1 Å². The van der Waals surface area contributed by atoms with Crippen LogP contribution in [0.15, 0.2) is 53.1 Å². The third-order valence-corrected chi connectivity index (χ3v) is 5.35. The van der Waals surface area contributed by atoms with Gasteiger partial charge in [-0.3, -0.25) is 19.7 Å². The van der Waals surface area contributed by atoms with Crippen LogP contribution in [0.25, 0.3) is 0 Å². The van der Waals surface area contributed by atoms with Gasteiger partial charge < -0.3 is 9.15 Å². The predicted molar refractivity (Wildman–Crippen MR) is 95.5 cm³/mol. The van der Waals surface area contributed by atoms with Crippen molar-refractivity contribution < 1.29 is 23.5 Å². The van der Waals surface area contributed by atoms with E-state index in [4.69, 9.17) is 9.15 Å². The maximum absolute atomic E-state index is 13.3. The summed E-state index contributed by atoms with van der Waals surface area (Å²) in [5.74, 6) is -2.43. The number of nitrogens with zero attached hydrogens (tertiary/aromatic N) is 1. The first-order chi connectivity index (χ1) is 13.0. The highest BCUT2D eigenvalue weighted by atomic mass is 16.5. The van der Waals surface area contributed by atoms with Crippen LogP contribution in [0.3, 0.4) is 0 Å². The number of para-hydroxylation sites is 1. The van der Waals surface area contributed by atoms with E-state index in [-0.39, 0.29) is 12.5 Å². The molecule has 2 amide bonds. The lowest BCUT2D eigenvalue weighted by Gasteiger charge is -2.28. The van der Waals surface area contributed by atoms with Gasteiger partial charge in [-0.2, -0.15) is 0 Å². The van der Waals surface area contributed by atoms with E-state index in [0.29, 0.717) is 11.4 Å². The van der Waals surface area contributed by atoms with Gasteiger partial charge in [0.2, 0.25) is 11.8 Å². The molecule has 0 unspecified atom stereocenters. The number of furan rings is 1. The Morgan fingerprint density at radius 3 is 2.56 bits per heavy atom. The minimum Gasteiger partial charge on any atom is -0.468 e. The Morgan fingerprint density at radius 2 is 1.93 bits per heavy atom. The third kappa shape index (κ3) is 2.49. The number of hydrogen-bond acceptors (Lipinski definition) is 6. The minimum atomic E-state index is -1.32. The molecule has 2 saturated heterocycles. The summed E-state index contributed by atoms with van der Waals surface area (Å²) >= 11 is 0. The molecule has 7 nitrogen and oxygen atoms in total. The van der Waals surface area contributed by atoms with Gasteiger partial charge >= 0.3 is 5.97 Å². The molecule has 2 fully saturated rings. The Labute approximate surface area is 156 Å². The Bertz CT molecular complexity index is 879. The Hall–Kier alpha value is -2.93. The summed E-state index contributed by atoms with van der Waals surface area (Å²) < 4.78 is 10.7. The van der Waals surface area contributed by atoms with Gasteiger partial charge in [-0.25, -0.2) is 4.90 Å². The number of carbonyl (C=O) groups is 3. The molecule has 0 spiro atoms. The second-order valence-electron chi connectivity index (χ2n) is 6.91. The number of carbonyl (C=O) groups excluding carboxylic acids is 3. The fourth-order valence-electron chi connectivity index (χ4n) is 4.15. The lowest BCUT2D eigenvalue weighted by molar-refractivity contribution is -0.153. The lowest BCUT2D eigenvalue weighted by Crippen LogP contribution is -2.54. The zero-order valence-corrected chi connectivity index (χ0v) is 15.0. The van der Waals surface area contributed by atoms with E-state index in [9.17, 15) is 14.4 Å². The van der Waals surface area contributed by atoms with Crippen LogP contribution in [-0.4, -0.2) is 29.9 Å². The van der Waals surface area contributed by atoms with Gasteiger partial charge in [0.15, 0.2) is 0 Å². The maximum Gasteiger partial charge on any atom is 0.326 e. The van der Waals surface area contributed by atoms with Crippen molar-refractivity contribution in [2.24, 2.45) is 11.8 Å². The summed E-state index contributed by atoms with van der Waals surface area (Å²) in [4.78, 5) is 40.4. The number of anilines is 1. The van der Waals surface area contributed by atoms with E-state index in [1.165, 1.54) is 11.2 Å². The highest BCUT2D eigenvalue weighted by Crippen LogP contribution is 2.49. The largest absolute Gasteiger partial charge is 0.468 e. The van der Waals surface area contributed by atoms with Crippen molar-refractivity contribution in [3.05, 3.63) is 54.5 Å².